The molecule has 37 heavy (non-hydrogen) atoms. The van der Waals surface area contributed by atoms with Gasteiger partial charge in [0.15, 0.2) is 11.5 Å². The van der Waals surface area contributed by atoms with Crippen molar-refractivity contribution >= 4 is 17.7 Å². The van der Waals surface area contributed by atoms with Gasteiger partial charge in [-0.05, 0) is 109 Å². The van der Waals surface area contributed by atoms with Crippen LogP contribution in [0, 0.1) is 34.5 Å². The molecule has 0 radical (unpaired) electrons. The minimum absolute atomic E-state index is 0.00102. The molecular weight excluding hydrogens is 480 g/mol. The number of benzene rings is 1. The smallest absolute Gasteiger partial charge is 0.309 e. The van der Waals surface area contributed by atoms with Crippen LogP contribution in [0.4, 0.5) is 0 Å². The Kier molecular flexibility index (Phi) is 5.97. The molecule has 3 fully saturated rings. The highest BCUT2D eigenvalue weighted by Crippen LogP contribution is 2.75. The van der Waals surface area contributed by atoms with Gasteiger partial charge in [-0.1, -0.05) is 53.2 Å². The predicted molar refractivity (Wildman–Crippen MR) is 151 cm³/mol. The van der Waals surface area contributed by atoms with Gasteiger partial charge in [-0.3, -0.25) is 4.79 Å². The van der Waals surface area contributed by atoms with Crippen molar-refractivity contribution < 1.29 is 20.1 Å². The van der Waals surface area contributed by atoms with E-state index in [9.17, 15) is 20.1 Å². The molecule has 0 spiro atoms. The normalized spacial score (nSPS) is 42.8. The molecule has 4 aliphatic rings. The fraction of sp³-hybridized carbons (Fsp3) is 0.719. The molecule has 0 heterocycles. The topological polar surface area (TPSA) is 77.8 Å². The molecule has 7 atom stereocenters. The Labute approximate surface area is 227 Å². The molecule has 0 amide bonds. The van der Waals surface area contributed by atoms with Crippen LogP contribution in [0.25, 0.3) is 0 Å². The summed E-state index contributed by atoms with van der Waals surface area (Å²) in [6.45, 7) is 18.1. The summed E-state index contributed by atoms with van der Waals surface area (Å²) in [5.74, 6) is -0.308. The van der Waals surface area contributed by atoms with Crippen molar-refractivity contribution in [3.8, 4) is 11.5 Å². The summed E-state index contributed by atoms with van der Waals surface area (Å²) in [5, 5.41) is 32.2. The number of hydrogen-bond donors (Lipinski definition) is 3. The lowest BCUT2D eigenvalue weighted by Gasteiger charge is -2.70. The summed E-state index contributed by atoms with van der Waals surface area (Å²) in [4.78, 5) is 12.4. The third kappa shape index (κ3) is 3.51. The largest absolute Gasteiger partial charge is 0.504 e. The Morgan fingerprint density at radius 3 is 2.27 bits per heavy atom. The highest BCUT2D eigenvalue weighted by molar-refractivity contribution is 8.00. The van der Waals surface area contributed by atoms with Crippen molar-refractivity contribution in [2.75, 3.05) is 0 Å². The van der Waals surface area contributed by atoms with Crippen molar-refractivity contribution in [3.05, 3.63) is 34.4 Å². The number of carboxylic acids is 1. The fourth-order valence-electron chi connectivity index (χ4n) is 9.28. The number of rotatable bonds is 3. The van der Waals surface area contributed by atoms with E-state index in [1.54, 1.807) is 0 Å². The Balaban J connectivity index is 1.69. The monoisotopic (exact) mass is 526 g/mol. The van der Waals surface area contributed by atoms with E-state index in [0.717, 1.165) is 50.5 Å². The Morgan fingerprint density at radius 2 is 1.65 bits per heavy atom. The van der Waals surface area contributed by atoms with Gasteiger partial charge in [0, 0.05) is 10.7 Å². The molecule has 0 aliphatic heterocycles. The van der Waals surface area contributed by atoms with E-state index in [-0.39, 0.29) is 38.4 Å². The van der Waals surface area contributed by atoms with Crippen molar-refractivity contribution in [1.82, 2.24) is 0 Å². The van der Waals surface area contributed by atoms with Gasteiger partial charge in [-0.25, -0.2) is 0 Å². The van der Waals surface area contributed by atoms with Gasteiger partial charge in [0.2, 0.25) is 0 Å². The third-order valence-electron chi connectivity index (χ3n) is 12.0. The molecule has 3 saturated carbocycles. The predicted octanol–water partition coefficient (Wildman–Crippen LogP) is 8.28. The number of allylic oxidation sites excluding steroid dienone is 1. The van der Waals surface area contributed by atoms with E-state index in [1.165, 1.54) is 16.7 Å². The maximum atomic E-state index is 12.4. The molecule has 0 aromatic heterocycles. The Hall–Kier alpha value is -1.62. The third-order valence-corrected chi connectivity index (χ3v) is 13.2. The van der Waals surface area contributed by atoms with E-state index in [0.29, 0.717) is 11.2 Å². The molecule has 4 aliphatic carbocycles. The van der Waals surface area contributed by atoms with Crippen molar-refractivity contribution in [1.29, 1.82) is 0 Å². The number of phenolic OH excluding ortho intramolecular Hbond substituents is 2. The zero-order valence-electron chi connectivity index (χ0n) is 24.0. The summed E-state index contributed by atoms with van der Waals surface area (Å²) in [6.07, 6.45) is 9.28. The number of aliphatic carboxylic acids is 1. The number of fused-ring (bicyclic) bond motifs is 7. The molecule has 5 heteroatoms. The van der Waals surface area contributed by atoms with Gasteiger partial charge < -0.3 is 15.3 Å². The fourth-order valence-corrected chi connectivity index (χ4v) is 10.5. The summed E-state index contributed by atoms with van der Waals surface area (Å²) in [6, 6.07) is 1.85. The van der Waals surface area contributed by atoms with E-state index in [4.69, 9.17) is 0 Å². The van der Waals surface area contributed by atoms with Gasteiger partial charge >= 0.3 is 5.97 Å². The quantitative estimate of drug-likeness (QED) is 0.273. The van der Waals surface area contributed by atoms with Crippen LogP contribution < -0.4 is 0 Å². The van der Waals surface area contributed by atoms with Crippen molar-refractivity contribution in [3.63, 3.8) is 0 Å². The van der Waals surface area contributed by atoms with Crippen LogP contribution in [-0.4, -0.2) is 26.5 Å². The lowest BCUT2D eigenvalue weighted by Crippen LogP contribution is -2.62. The molecule has 5 rings (SSSR count). The number of carboxylic acid groups (broad SMARTS) is 1. The molecule has 0 saturated heterocycles. The van der Waals surface area contributed by atoms with Crippen LogP contribution in [0.2, 0.25) is 0 Å². The van der Waals surface area contributed by atoms with Crippen LogP contribution >= 0.6 is 11.8 Å². The first-order valence-electron chi connectivity index (χ1n) is 14.2. The van der Waals surface area contributed by atoms with E-state index < -0.39 is 11.4 Å². The molecule has 204 valence electrons. The van der Waals surface area contributed by atoms with Gasteiger partial charge in [0.25, 0.3) is 0 Å². The first kappa shape index (κ1) is 27.0. The first-order chi connectivity index (χ1) is 17.0. The van der Waals surface area contributed by atoms with E-state index in [1.807, 2.05) is 31.7 Å². The lowest BCUT2D eigenvalue weighted by molar-refractivity contribution is -0.177. The maximum Gasteiger partial charge on any atom is 0.309 e. The minimum Gasteiger partial charge on any atom is -0.504 e. The summed E-state index contributed by atoms with van der Waals surface area (Å²) < 4.78 is 0. The first-order valence-corrected chi connectivity index (χ1v) is 15.1. The number of hydrogen-bond acceptors (Lipinski definition) is 4. The number of carbonyl (C=O) groups is 1. The van der Waals surface area contributed by atoms with Gasteiger partial charge in [-0.15, -0.1) is 11.8 Å². The summed E-state index contributed by atoms with van der Waals surface area (Å²) in [5.41, 5.74) is 3.86. The molecule has 0 bridgehead atoms. The van der Waals surface area contributed by atoms with Crippen LogP contribution in [0.3, 0.4) is 0 Å². The second-order valence-corrected chi connectivity index (χ2v) is 16.1. The molecular formula is C32H46O4S. The van der Waals surface area contributed by atoms with Crippen LogP contribution in [-0.2, 0) is 10.2 Å². The zero-order chi connectivity index (χ0) is 27.3. The average Bonchev–Trinajstić information content (AvgIpc) is 2.81. The number of phenols is 2. The van der Waals surface area contributed by atoms with Gasteiger partial charge in [0.05, 0.1) is 5.41 Å². The summed E-state index contributed by atoms with van der Waals surface area (Å²) in [7, 11) is 0. The second kappa shape index (κ2) is 8.19. The molecule has 4 nitrogen and oxygen atoms in total. The number of thioether (sulfide) groups is 1. The molecule has 1 aromatic rings. The highest BCUT2D eigenvalue weighted by atomic mass is 32.2. The average molecular weight is 527 g/mol. The number of aromatic hydroxyl groups is 2. The maximum absolute atomic E-state index is 12.4. The molecule has 2 unspecified atom stereocenters. The van der Waals surface area contributed by atoms with Crippen molar-refractivity contribution in [2.24, 2.45) is 27.6 Å². The van der Waals surface area contributed by atoms with Crippen molar-refractivity contribution in [2.45, 2.75) is 116 Å². The molecule has 3 N–H and O–H groups in total. The zero-order valence-corrected chi connectivity index (χ0v) is 24.8. The Bertz CT molecular complexity index is 1190. The lowest BCUT2D eigenvalue weighted by atomic mass is 9.34. The SMILES string of the molecule is Cc1c(O)c(O)cc2c1C(SC(C)C)C=C1C2(C)CC[C@@]2(C)[C@@H]3C[C@](C)(C(=O)O)CC[C@]3(C)CC[C@]12C. The Morgan fingerprint density at radius 1 is 1.00 bits per heavy atom. The summed E-state index contributed by atoms with van der Waals surface area (Å²) >= 11 is 1.92. The highest BCUT2D eigenvalue weighted by Gasteiger charge is 2.67. The van der Waals surface area contributed by atoms with E-state index in [2.05, 4.69) is 47.6 Å². The minimum atomic E-state index is -0.657. The van der Waals surface area contributed by atoms with Crippen LogP contribution in [0.15, 0.2) is 17.7 Å². The van der Waals surface area contributed by atoms with Crippen LogP contribution in [0.5, 0.6) is 11.5 Å². The van der Waals surface area contributed by atoms with Gasteiger partial charge in [0.1, 0.15) is 0 Å². The van der Waals surface area contributed by atoms with E-state index >= 15 is 0 Å². The van der Waals surface area contributed by atoms with Gasteiger partial charge in [-0.2, -0.15) is 0 Å². The second-order valence-electron chi connectivity index (χ2n) is 14.4. The standard InChI is InChI=1S/C32H46O4S/c1-18(2)37-22-16-23-30(6,20-15-21(33)26(34)19(3)25(20)22)12-14-32(8)24-17-29(5,27(35)36)10-9-28(24,4)11-13-31(23,32)7/h15-16,18,22,24,33-34H,9-14,17H2,1-8H3,(H,35,36)/t22?,24-,28-,29-,30?,31-,32+/m1/s1. The molecule has 1 aromatic carbocycles. The van der Waals surface area contributed by atoms with Crippen LogP contribution in [0.1, 0.15) is 115 Å².